The van der Waals surface area contributed by atoms with Gasteiger partial charge in [-0.25, -0.2) is 0 Å². The van der Waals surface area contributed by atoms with E-state index in [2.05, 4.69) is 47.4 Å². The molecule has 112 valence electrons. The Labute approximate surface area is 126 Å². The number of rotatable bonds is 5. The zero-order chi connectivity index (χ0) is 14.9. The fraction of sp³-hybridized carbons (Fsp3) is 0.857. The highest BCUT2D eigenvalue weighted by molar-refractivity contribution is 8.15. The third-order valence-corrected chi connectivity index (χ3v) is 12.7. The van der Waals surface area contributed by atoms with Crippen LogP contribution in [0, 0.1) is 0 Å². The molecule has 0 amide bonds. The lowest BCUT2D eigenvalue weighted by molar-refractivity contribution is 0.360. The Kier molecular flexibility index (Phi) is 5.41. The molecule has 2 atom stereocenters. The summed E-state index contributed by atoms with van der Waals surface area (Å²) < 4.78 is 18.4. The molecule has 0 N–H and O–H groups in total. The van der Waals surface area contributed by atoms with Gasteiger partial charge in [0.15, 0.2) is 0 Å². The third-order valence-electron chi connectivity index (χ3n) is 4.16. The van der Waals surface area contributed by atoms with E-state index < -0.39 is 19.1 Å². The molecule has 0 aromatic carbocycles. The summed E-state index contributed by atoms with van der Waals surface area (Å²) in [6.45, 7) is 17.4. The maximum atomic E-state index is 12.4. The molecule has 0 aromatic rings. The molecule has 0 bridgehead atoms. The van der Waals surface area contributed by atoms with Crippen molar-refractivity contribution in [2.75, 3.05) is 11.5 Å². The molecule has 0 aromatic heterocycles. The maximum Gasteiger partial charge on any atom is 0.250 e. The summed E-state index contributed by atoms with van der Waals surface area (Å²) in [6, 6.07) is 0. The van der Waals surface area contributed by atoms with Crippen LogP contribution in [-0.4, -0.2) is 28.1 Å². The van der Waals surface area contributed by atoms with Crippen LogP contribution < -0.4 is 0 Å². The Balaban J connectivity index is 2.94. The van der Waals surface area contributed by atoms with E-state index in [1.54, 1.807) is 11.8 Å². The summed E-state index contributed by atoms with van der Waals surface area (Å²) in [7, 11) is -2.74. The SMILES string of the molecule is C=C(O[Si](C)(C)C(C)(C)C)[C@]1(CCC)SCC[S@]1=O. The van der Waals surface area contributed by atoms with E-state index in [4.69, 9.17) is 4.43 Å². The van der Waals surface area contributed by atoms with Gasteiger partial charge >= 0.3 is 0 Å². The lowest BCUT2D eigenvalue weighted by atomic mass is 10.2. The van der Waals surface area contributed by atoms with Gasteiger partial charge in [-0.05, 0) is 24.6 Å². The Bertz CT molecular complexity index is 374. The normalized spacial score (nSPS) is 28.4. The first-order valence-electron chi connectivity index (χ1n) is 6.97. The molecule has 0 saturated carbocycles. The molecule has 0 spiro atoms. The highest BCUT2D eigenvalue weighted by Crippen LogP contribution is 2.48. The second kappa shape index (κ2) is 5.94. The average molecular weight is 321 g/mol. The van der Waals surface area contributed by atoms with Crippen LogP contribution in [-0.2, 0) is 15.2 Å². The van der Waals surface area contributed by atoms with Gasteiger partial charge in [0.25, 0.3) is 0 Å². The van der Waals surface area contributed by atoms with Gasteiger partial charge in [0.2, 0.25) is 8.32 Å². The predicted octanol–water partition coefficient (Wildman–Crippen LogP) is 4.51. The van der Waals surface area contributed by atoms with Crippen molar-refractivity contribution < 1.29 is 8.63 Å². The summed E-state index contributed by atoms with van der Waals surface area (Å²) in [4.78, 5) is 0. The van der Waals surface area contributed by atoms with Crippen LogP contribution in [0.3, 0.4) is 0 Å². The van der Waals surface area contributed by atoms with E-state index in [0.717, 1.165) is 30.1 Å². The van der Waals surface area contributed by atoms with Crippen LogP contribution in [0.1, 0.15) is 40.5 Å². The van der Waals surface area contributed by atoms with Gasteiger partial charge in [-0.3, -0.25) is 4.21 Å². The first-order chi connectivity index (χ1) is 8.57. The number of thioether (sulfide) groups is 1. The standard InChI is InChI=1S/C14H28O2S2Si/c1-8-9-14(17-10-11-18(14)15)12(2)16-19(6,7)13(3,4)5/h2,8-11H2,1,3-7H3/t14-,18-/m1/s1. The van der Waals surface area contributed by atoms with Crippen LogP contribution in [0.2, 0.25) is 18.1 Å². The second-order valence-corrected chi connectivity index (χ2v) is 14.9. The molecule has 1 saturated heterocycles. The predicted molar refractivity (Wildman–Crippen MR) is 90.5 cm³/mol. The summed E-state index contributed by atoms with van der Waals surface area (Å²) in [6.07, 6.45) is 1.91. The van der Waals surface area contributed by atoms with Crippen LogP contribution in [0.5, 0.6) is 0 Å². The molecule has 0 unspecified atom stereocenters. The molecule has 0 aliphatic carbocycles. The maximum absolute atomic E-state index is 12.4. The van der Waals surface area contributed by atoms with Crippen molar-refractivity contribution >= 4 is 30.9 Å². The molecular weight excluding hydrogens is 292 g/mol. The Hall–Kier alpha value is 0.257. The first-order valence-corrected chi connectivity index (χ1v) is 12.2. The van der Waals surface area contributed by atoms with Crippen molar-refractivity contribution in [1.82, 2.24) is 0 Å². The van der Waals surface area contributed by atoms with Gasteiger partial charge in [0.1, 0.15) is 9.84 Å². The highest BCUT2D eigenvalue weighted by Gasteiger charge is 2.48. The summed E-state index contributed by atoms with van der Waals surface area (Å²) in [5.74, 6) is 2.48. The largest absolute Gasteiger partial charge is 0.545 e. The van der Waals surface area contributed by atoms with Crippen LogP contribution in [0.15, 0.2) is 12.3 Å². The molecule has 0 radical (unpaired) electrons. The van der Waals surface area contributed by atoms with Crippen molar-refractivity contribution in [3.63, 3.8) is 0 Å². The smallest absolute Gasteiger partial charge is 0.250 e. The molecular formula is C14H28O2S2Si. The Morgan fingerprint density at radius 1 is 1.47 bits per heavy atom. The fourth-order valence-corrected chi connectivity index (χ4v) is 7.06. The lowest BCUT2D eigenvalue weighted by Crippen LogP contribution is -2.44. The van der Waals surface area contributed by atoms with Crippen LogP contribution in [0.4, 0.5) is 0 Å². The number of hydrogen-bond acceptors (Lipinski definition) is 3. The molecule has 5 heteroatoms. The summed E-state index contributed by atoms with van der Waals surface area (Å²) in [5, 5.41) is 0.147. The van der Waals surface area contributed by atoms with Crippen molar-refractivity contribution in [2.24, 2.45) is 0 Å². The molecule has 1 fully saturated rings. The van der Waals surface area contributed by atoms with E-state index in [9.17, 15) is 4.21 Å². The monoisotopic (exact) mass is 320 g/mol. The van der Waals surface area contributed by atoms with Crippen LogP contribution >= 0.6 is 11.8 Å². The molecule has 1 aliphatic heterocycles. The van der Waals surface area contributed by atoms with Gasteiger partial charge in [0.05, 0.1) is 0 Å². The number of hydrogen-bond donors (Lipinski definition) is 0. The van der Waals surface area contributed by atoms with E-state index in [-0.39, 0.29) is 9.12 Å². The summed E-state index contributed by atoms with van der Waals surface area (Å²) in [5.41, 5.74) is 0. The molecule has 19 heavy (non-hydrogen) atoms. The Morgan fingerprint density at radius 3 is 2.42 bits per heavy atom. The van der Waals surface area contributed by atoms with Crippen molar-refractivity contribution in [3.05, 3.63) is 12.3 Å². The van der Waals surface area contributed by atoms with Gasteiger partial charge < -0.3 is 4.43 Å². The molecule has 2 nitrogen and oxygen atoms in total. The minimum atomic E-state index is -1.89. The zero-order valence-electron chi connectivity index (χ0n) is 13.2. The minimum Gasteiger partial charge on any atom is -0.545 e. The molecule has 1 rings (SSSR count). The van der Waals surface area contributed by atoms with E-state index >= 15 is 0 Å². The van der Waals surface area contributed by atoms with Gasteiger partial charge in [0, 0.05) is 22.3 Å². The summed E-state index contributed by atoms with van der Waals surface area (Å²) >= 11 is 1.78. The Morgan fingerprint density at radius 2 is 2.05 bits per heavy atom. The van der Waals surface area contributed by atoms with Crippen molar-refractivity contribution in [3.8, 4) is 0 Å². The van der Waals surface area contributed by atoms with E-state index in [0.29, 0.717) is 0 Å². The molecule has 1 aliphatic rings. The average Bonchev–Trinajstić information content (AvgIpc) is 2.59. The van der Waals surface area contributed by atoms with Gasteiger partial charge in [-0.2, -0.15) is 0 Å². The fourth-order valence-electron chi connectivity index (χ4n) is 1.91. The zero-order valence-corrected chi connectivity index (χ0v) is 15.8. The topological polar surface area (TPSA) is 26.3 Å². The molecule has 1 heterocycles. The first kappa shape index (κ1) is 17.3. The van der Waals surface area contributed by atoms with Gasteiger partial charge in [-0.1, -0.05) is 40.7 Å². The van der Waals surface area contributed by atoms with Gasteiger partial charge in [-0.15, -0.1) is 11.8 Å². The van der Waals surface area contributed by atoms with Crippen LogP contribution in [0.25, 0.3) is 0 Å². The lowest BCUT2D eigenvalue weighted by Gasteiger charge is -2.41. The quantitative estimate of drug-likeness (QED) is 0.550. The third kappa shape index (κ3) is 3.48. The minimum absolute atomic E-state index is 0.147. The second-order valence-electron chi connectivity index (χ2n) is 6.69. The van der Waals surface area contributed by atoms with Crippen molar-refractivity contribution in [2.45, 2.75) is 62.7 Å². The van der Waals surface area contributed by atoms with Crippen molar-refractivity contribution in [1.29, 1.82) is 0 Å². The van der Waals surface area contributed by atoms with E-state index in [1.807, 2.05) is 0 Å². The van der Waals surface area contributed by atoms with E-state index in [1.165, 1.54) is 0 Å². The highest BCUT2D eigenvalue weighted by atomic mass is 32.2.